The van der Waals surface area contributed by atoms with Crippen molar-refractivity contribution in [2.45, 2.75) is 13.0 Å². The van der Waals surface area contributed by atoms with Crippen LogP contribution in [0.15, 0.2) is 0 Å². The molecule has 57 valence electrons. The Morgan fingerprint density at radius 3 is 2.45 bits per heavy atom. The molecule has 0 aromatic heterocycles. The third-order valence-corrected chi connectivity index (χ3v) is 1.59. The van der Waals surface area contributed by atoms with Gasteiger partial charge in [-0.1, -0.05) is 0 Å². The number of Topliss-reactive ketones (excluding diaryl/α,β-unsaturated/α-hetero) is 1. The Labute approximate surface area is 86.6 Å². The molecule has 1 radical (unpaired) electrons. The van der Waals surface area contributed by atoms with Gasteiger partial charge in [0.05, 0.1) is 6.10 Å². The molecule has 0 saturated carbocycles. The van der Waals surface area contributed by atoms with E-state index in [9.17, 15) is 9.59 Å². The topological polar surface area (TPSA) is 66.4 Å². The van der Waals surface area contributed by atoms with Crippen molar-refractivity contribution in [2.24, 2.45) is 5.92 Å². The Balaban J connectivity index is 0.000001000. The number of β-amino-alcohol motifs (C(OH)–C–C–N with tert-alkyl or cyclic N) is 1. The number of carbonyl (C=O) groups is 2. The first-order chi connectivity index (χ1) is 4.63. The molecule has 2 unspecified atom stereocenters. The van der Waals surface area contributed by atoms with E-state index in [0.717, 1.165) is 0 Å². The van der Waals surface area contributed by atoms with Gasteiger partial charge in [-0.3, -0.25) is 9.59 Å². The van der Waals surface area contributed by atoms with Crippen LogP contribution in [0, 0.1) is 5.92 Å². The quantitative estimate of drug-likeness (QED) is 0.360. The normalized spacial score (nSPS) is 29.1. The zero-order chi connectivity index (χ0) is 7.72. The van der Waals surface area contributed by atoms with Gasteiger partial charge >= 0.3 is 0 Å². The Morgan fingerprint density at radius 2 is 2.27 bits per heavy atom. The molecule has 1 saturated heterocycles. The third kappa shape index (κ3) is 2.27. The number of hydrogen-bond donors (Lipinski definition) is 2. The third-order valence-electron chi connectivity index (χ3n) is 1.59. The van der Waals surface area contributed by atoms with Gasteiger partial charge < -0.3 is 10.4 Å². The van der Waals surface area contributed by atoms with Gasteiger partial charge in [-0.05, 0) is 6.92 Å². The van der Waals surface area contributed by atoms with Crippen molar-refractivity contribution >= 4 is 41.2 Å². The summed E-state index contributed by atoms with van der Waals surface area (Å²) in [5.74, 6) is -1.47. The SMILES string of the molecule is CC(=O)C1C(=O)NCC1O.[Na]. The second-order valence-electron chi connectivity index (χ2n) is 2.40. The first-order valence-corrected chi connectivity index (χ1v) is 3.09. The Bertz CT molecular complexity index is 183. The molecule has 2 atom stereocenters. The second kappa shape index (κ2) is 4.21. The fraction of sp³-hybridized carbons (Fsp3) is 0.667. The summed E-state index contributed by atoms with van der Waals surface area (Å²) >= 11 is 0. The van der Waals surface area contributed by atoms with Gasteiger partial charge in [-0.15, -0.1) is 0 Å². The van der Waals surface area contributed by atoms with E-state index < -0.39 is 12.0 Å². The van der Waals surface area contributed by atoms with Crippen molar-refractivity contribution < 1.29 is 14.7 Å². The van der Waals surface area contributed by atoms with Gasteiger partial charge in [0, 0.05) is 36.1 Å². The van der Waals surface area contributed by atoms with Gasteiger partial charge in [-0.2, -0.15) is 0 Å². The molecular weight excluding hydrogens is 157 g/mol. The average Bonchev–Trinajstić information content (AvgIpc) is 2.11. The molecule has 1 amide bonds. The van der Waals surface area contributed by atoms with E-state index in [1.807, 2.05) is 0 Å². The fourth-order valence-corrected chi connectivity index (χ4v) is 1.06. The molecule has 4 nitrogen and oxygen atoms in total. The van der Waals surface area contributed by atoms with Crippen molar-refractivity contribution in [3.05, 3.63) is 0 Å². The molecule has 0 aromatic rings. The van der Waals surface area contributed by atoms with Crippen molar-refractivity contribution in [3.63, 3.8) is 0 Å². The van der Waals surface area contributed by atoms with Gasteiger partial charge in [-0.25, -0.2) is 0 Å². The molecule has 0 aliphatic carbocycles. The van der Waals surface area contributed by atoms with Crippen molar-refractivity contribution in [1.82, 2.24) is 5.32 Å². The van der Waals surface area contributed by atoms with Crippen LogP contribution in [0.5, 0.6) is 0 Å². The molecule has 1 aliphatic rings. The largest absolute Gasteiger partial charge is 0.390 e. The predicted molar refractivity (Wildman–Crippen MR) is 38.9 cm³/mol. The Kier molecular flexibility index (Phi) is 4.25. The van der Waals surface area contributed by atoms with E-state index >= 15 is 0 Å². The summed E-state index contributed by atoms with van der Waals surface area (Å²) in [6.45, 7) is 1.50. The van der Waals surface area contributed by atoms with Crippen LogP contribution >= 0.6 is 0 Å². The summed E-state index contributed by atoms with van der Waals surface area (Å²) in [4.78, 5) is 21.4. The molecule has 1 heterocycles. The summed E-state index contributed by atoms with van der Waals surface area (Å²) in [6.07, 6.45) is -0.829. The average molecular weight is 166 g/mol. The molecule has 11 heavy (non-hydrogen) atoms. The maximum absolute atomic E-state index is 10.7. The monoisotopic (exact) mass is 166 g/mol. The van der Waals surface area contributed by atoms with Crippen molar-refractivity contribution in [1.29, 1.82) is 0 Å². The van der Waals surface area contributed by atoms with Crippen LogP contribution < -0.4 is 5.32 Å². The van der Waals surface area contributed by atoms with Gasteiger partial charge in [0.2, 0.25) is 5.91 Å². The molecule has 1 aliphatic heterocycles. The molecule has 0 bridgehead atoms. The zero-order valence-corrected chi connectivity index (χ0v) is 8.63. The summed E-state index contributed by atoms with van der Waals surface area (Å²) in [6, 6.07) is 0. The summed E-state index contributed by atoms with van der Waals surface area (Å²) < 4.78 is 0. The maximum Gasteiger partial charge on any atom is 0.233 e. The second-order valence-corrected chi connectivity index (χ2v) is 2.40. The van der Waals surface area contributed by atoms with Crippen LogP contribution in [-0.4, -0.2) is 59.0 Å². The summed E-state index contributed by atoms with van der Waals surface area (Å²) in [5, 5.41) is 11.4. The van der Waals surface area contributed by atoms with E-state index in [-0.39, 0.29) is 47.8 Å². The first-order valence-electron chi connectivity index (χ1n) is 3.09. The molecule has 2 N–H and O–H groups in total. The van der Waals surface area contributed by atoms with Crippen LogP contribution in [0.4, 0.5) is 0 Å². The molecule has 0 spiro atoms. The number of ketones is 1. The van der Waals surface area contributed by atoms with Gasteiger partial charge in [0.1, 0.15) is 11.7 Å². The van der Waals surface area contributed by atoms with Gasteiger partial charge in [0.25, 0.3) is 0 Å². The minimum absolute atomic E-state index is 0. The number of aliphatic hydroxyl groups excluding tert-OH is 1. The van der Waals surface area contributed by atoms with Crippen LogP contribution in [0.2, 0.25) is 0 Å². The fourth-order valence-electron chi connectivity index (χ4n) is 1.06. The van der Waals surface area contributed by atoms with Gasteiger partial charge in [0.15, 0.2) is 0 Å². The molecule has 5 heteroatoms. The predicted octanol–water partition coefficient (Wildman–Crippen LogP) is -1.70. The minimum Gasteiger partial charge on any atom is -0.390 e. The molecular formula is C6H9NNaO3. The van der Waals surface area contributed by atoms with E-state index in [2.05, 4.69) is 5.32 Å². The molecule has 1 fully saturated rings. The molecule has 0 aromatic carbocycles. The Hall–Kier alpha value is 0.1000. The Morgan fingerprint density at radius 1 is 1.73 bits per heavy atom. The van der Waals surface area contributed by atoms with Crippen molar-refractivity contribution in [2.75, 3.05) is 6.54 Å². The van der Waals surface area contributed by atoms with Crippen LogP contribution in [0.25, 0.3) is 0 Å². The first kappa shape index (κ1) is 11.1. The zero-order valence-electron chi connectivity index (χ0n) is 6.63. The summed E-state index contributed by atoms with van der Waals surface area (Å²) in [7, 11) is 0. The number of hydrogen-bond acceptors (Lipinski definition) is 3. The smallest absolute Gasteiger partial charge is 0.233 e. The van der Waals surface area contributed by atoms with E-state index in [1.54, 1.807) is 0 Å². The number of amides is 1. The summed E-state index contributed by atoms with van der Waals surface area (Å²) in [5.41, 5.74) is 0. The number of carbonyl (C=O) groups excluding carboxylic acids is 2. The molecule has 1 rings (SSSR count). The number of nitrogens with one attached hydrogen (secondary N) is 1. The van der Waals surface area contributed by atoms with E-state index in [4.69, 9.17) is 5.11 Å². The number of aliphatic hydroxyl groups is 1. The number of rotatable bonds is 1. The van der Waals surface area contributed by atoms with Crippen LogP contribution in [0.1, 0.15) is 6.92 Å². The van der Waals surface area contributed by atoms with E-state index in [0.29, 0.717) is 0 Å². The van der Waals surface area contributed by atoms with Crippen molar-refractivity contribution in [3.8, 4) is 0 Å². The van der Waals surface area contributed by atoms with Crippen LogP contribution in [-0.2, 0) is 9.59 Å². The van der Waals surface area contributed by atoms with Crippen LogP contribution in [0.3, 0.4) is 0 Å². The van der Waals surface area contributed by atoms with E-state index in [1.165, 1.54) is 6.92 Å². The maximum atomic E-state index is 10.7. The standard InChI is InChI=1S/C6H9NO3.Na/c1-3(8)5-4(9)2-7-6(5)10;/h4-5,9H,2H2,1H3,(H,7,10);. The minimum atomic E-state index is -0.833.